The number of halogens is 1. The van der Waals surface area contributed by atoms with Crippen LogP contribution in [0.3, 0.4) is 0 Å². The Labute approximate surface area is 130 Å². The van der Waals surface area contributed by atoms with Crippen LogP contribution in [-0.4, -0.2) is 21.0 Å². The van der Waals surface area contributed by atoms with Crippen LogP contribution in [0.2, 0.25) is 0 Å². The summed E-state index contributed by atoms with van der Waals surface area (Å²) in [5, 5.41) is 9.23. The molecule has 7 nitrogen and oxygen atoms in total. The summed E-state index contributed by atoms with van der Waals surface area (Å²) in [5.74, 6) is 0.663. The van der Waals surface area contributed by atoms with Gasteiger partial charge in [0.25, 0.3) is 5.91 Å². The van der Waals surface area contributed by atoms with Crippen LogP contribution >= 0.6 is 0 Å². The Morgan fingerprint density at radius 1 is 1.17 bits per heavy atom. The molecular formula is C15H12FN5O2. The first kappa shape index (κ1) is 14.6. The first-order valence-corrected chi connectivity index (χ1v) is 6.69. The van der Waals surface area contributed by atoms with Crippen molar-refractivity contribution in [1.29, 1.82) is 0 Å². The number of rotatable bonds is 4. The number of hydrogen-bond donors (Lipinski definition) is 2. The lowest BCUT2D eigenvalue weighted by Crippen LogP contribution is -2.13. The second kappa shape index (κ2) is 6.22. The van der Waals surface area contributed by atoms with Gasteiger partial charge in [0.15, 0.2) is 5.82 Å². The van der Waals surface area contributed by atoms with Gasteiger partial charge < -0.3 is 15.2 Å². The Balaban J connectivity index is 1.66. The standard InChI is InChI=1S/C15H12FN5O2/c1-9-6-13(21-23-9)20-15-17-7-10(8-18-15)14(22)19-12-4-2-11(16)3-5-12/h2-8H,1H3,(H,19,22)(H,17,18,20,21). The quantitative estimate of drug-likeness (QED) is 0.769. The lowest BCUT2D eigenvalue weighted by molar-refractivity contribution is 0.102. The van der Waals surface area contributed by atoms with E-state index in [9.17, 15) is 9.18 Å². The predicted molar refractivity (Wildman–Crippen MR) is 80.9 cm³/mol. The number of benzene rings is 1. The van der Waals surface area contributed by atoms with Crippen molar-refractivity contribution >= 4 is 23.4 Å². The molecule has 0 unspecified atom stereocenters. The molecule has 0 saturated heterocycles. The van der Waals surface area contributed by atoms with Crippen LogP contribution in [0, 0.1) is 12.7 Å². The summed E-state index contributed by atoms with van der Waals surface area (Å²) in [6.45, 7) is 1.77. The summed E-state index contributed by atoms with van der Waals surface area (Å²) < 4.78 is 17.7. The third kappa shape index (κ3) is 3.67. The molecule has 23 heavy (non-hydrogen) atoms. The second-order valence-corrected chi connectivity index (χ2v) is 4.70. The number of carbonyl (C=O) groups is 1. The molecule has 0 saturated carbocycles. The molecule has 0 spiro atoms. The summed E-state index contributed by atoms with van der Waals surface area (Å²) in [4.78, 5) is 20.1. The SMILES string of the molecule is Cc1cc(Nc2ncc(C(=O)Nc3ccc(F)cc3)cn2)no1. The van der Waals surface area contributed by atoms with E-state index in [0.717, 1.165) is 0 Å². The molecule has 1 amide bonds. The Hall–Kier alpha value is -3.29. The number of hydrogen-bond acceptors (Lipinski definition) is 6. The van der Waals surface area contributed by atoms with Crippen molar-refractivity contribution in [2.75, 3.05) is 10.6 Å². The van der Waals surface area contributed by atoms with Gasteiger partial charge in [-0.1, -0.05) is 5.16 Å². The minimum atomic E-state index is -0.388. The molecule has 0 aliphatic rings. The van der Waals surface area contributed by atoms with Gasteiger partial charge in [0.2, 0.25) is 5.95 Å². The van der Waals surface area contributed by atoms with E-state index in [1.807, 2.05) is 0 Å². The van der Waals surface area contributed by atoms with Gasteiger partial charge in [-0.25, -0.2) is 14.4 Å². The first-order chi connectivity index (χ1) is 11.1. The maximum Gasteiger partial charge on any atom is 0.258 e. The summed E-state index contributed by atoms with van der Waals surface area (Å²) in [6, 6.07) is 7.16. The smallest absolute Gasteiger partial charge is 0.258 e. The van der Waals surface area contributed by atoms with Crippen LogP contribution in [0.5, 0.6) is 0 Å². The molecule has 0 aliphatic carbocycles. The highest BCUT2D eigenvalue weighted by Crippen LogP contribution is 2.13. The highest BCUT2D eigenvalue weighted by molar-refractivity contribution is 6.03. The number of aryl methyl sites for hydroxylation is 1. The molecule has 0 fully saturated rings. The van der Waals surface area contributed by atoms with Crippen molar-refractivity contribution in [2.45, 2.75) is 6.92 Å². The van der Waals surface area contributed by atoms with Crippen molar-refractivity contribution < 1.29 is 13.7 Å². The molecular weight excluding hydrogens is 301 g/mol. The molecule has 0 aliphatic heterocycles. The fraction of sp³-hybridized carbons (Fsp3) is 0.0667. The van der Waals surface area contributed by atoms with E-state index in [1.54, 1.807) is 13.0 Å². The molecule has 116 valence electrons. The zero-order valence-electron chi connectivity index (χ0n) is 12.1. The summed E-state index contributed by atoms with van der Waals surface area (Å²) in [7, 11) is 0. The van der Waals surface area contributed by atoms with Gasteiger partial charge in [-0.2, -0.15) is 0 Å². The summed E-state index contributed by atoms with van der Waals surface area (Å²) in [6.07, 6.45) is 2.75. The largest absolute Gasteiger partial charge is 0.360 e. The molecule has 3 aromatic rings. The highest BCUT2D eigenvalue weighted by Gasteiger charge is 2.09. The van der Waals surface area contributed by atoms with E-state index in [-0.39, 0.29) is 23.2 Å². The van der Waals surface area contributed by atoms with Crippen LogP contribution in [0.4, 0.5) is 21.8 Å². The van der Waals surface area contributed by atoms with Crippen LogP contribution in [0.25, 0.3) is 0 Å². The monoisotopic (exact) mass is 313 g/mol. The Bertz CT molecular complexity index is 815. The highest BCUT2D eigenvalue weighted by atomic mass is 19.1. The number of amides is 1. The average molecular weight is 313 g/mol. The topological polar surface area (TPSA) is 92.9 Å². The van der Waals surface area contributed by atoms with Gasteiger partial charge in [-0.15, -0.1) is 0 Å². The van der Waals surface area contributed by atoms with Crippen LogP contribution < -0.4 is 10.6 Å². The predicted octanol–water partition coefficient (Wildman–Crippen LogP) is 2.91. The molecule has 2 N–H and O–H groups in total. The lowest BCUT2D eigenvalue weighted by atomic mass is 10.2. The average Bonchev–Trinajstić information content (AvgIpc) is 2.95. The Morgan fingerprint density at radius 2 is 1.87 bits per heavy atom. The zero-order chi connectivity index (χ0) is 16.2. The minimum absolute atomic E-state index is 0.274. The van der Waals surface area contributed by atoms with E-state index < -0.39 is 0 Å². The van der Waals surface area contributed by atoms with Crippen molar-refractivity contribution in [3.05, 3.63) is 59.9 Å². The van der Waals surface area contributed by atoms with Gasteiger partial charge in [0, 0.05) is 24.1 Å². The molecule has 0 atom stereocenters. The Kier molecular flexibility index (Phi) is 3.96. The normalized spacial score (nSPS) is 10.3. The van der Waals surface area contributed by atoms with Gasteiger partial charge >= 0.3 is 0 Å². The maximum atomic E-state index is 12.8. The second-order valence-electron chi connectivity index (χ2n) is 4.70. The third-order valence-electron chi connectivity index (χ3n) is 2.88. The van der Waals surface area contributed by atoms with Gasteiger partial charge in [-0.05, 0) is 31.2 Å². The summed E-state index contributed by atoms with van der Waals surface area (Å²) in [5.41, 5.74) is 0.757. The molecule has 2 aromatic heterocycles. The van der Waals surface area contributed by atoms with E-state index in [2.05, 4.69) is 25.8 Å². The number of nitrogens with zero attached hydrogens (tertiary/aromatic N) is 3. The maximum absolute atomic E-state index is 12.8. The number of carbonyl (C=O) groups excluding carboxylic acids is 1. The van der Waals surface area contributed by atoms with Crippen LogP contribution in [0.15, 0.2) is 47.2 Å². The van der Waals surface area contributed by atoms with Gasteiger partial charge in [-0.3, -0.25) is 4.79 Å². The minimum Gasteiger partial charge on any atom is -0.360 e. The molecule has 8 heteroatoms. The van der Waals surface area contributed by atoms with Crippen molar-refractivity contribution in [1.82, 2.24) is 15.1 Å². The van der Waals surface area contributed by atoms with E-state index in [0.29, 0.717) is 17.3 Å². The zero-order valence-corrected chi connectivity index (χ0v) is 12.1. The van der Waals surface area contributed by atoms with Crippen molar-refractivity contribution in [3.63, 3.8) is 0 Å². The fourth-order valence-corrected chi connectivity index (χ4v) is 1.79. The molecule has 0 radical (unpaired) electrons. The third-order valence-corrected chi connectivity index (χ3v) is 2.88. The lowest BCUT2D eigenvalue weighted by Gasteiger charge is -2.05. The van der Waals surface area contributed by atoms with E-state index in [1.165, 1.54) is 36.7 Å². The van der Waals surface area contributed by atoms with Crippen molar-refractivity contribution in [3.8, 4) is 0 Å². The van der Waals surface area contributed by atoms with Gasteiger partial charge in [0.05, 0.1) is 5.56 Å². The fourth-order valence-electron chi connectivity index (χ4n) is 1.79. The number of nitrogens with one attached hydrogen (secondary N) is 2. The molecule has 0 bridgehead atoms. The number of anilines is 3. The van der Waals surface area contributed by atoms with E-state index in [4.69, 9.17) is 4.52 Å². The van der Waals surface area contributed by atoms with Gasteiger partial charge in [0.1, 0.15) is 11.6 Å². The first-order valence-electron chi connectivity index (χ1n) is 6.69. The molecule has 2 heterocycles. The Morgan fingerprint density at radius 3 is 2.48 bits per heavy atom. The van der Waals surface area contributed by atoms with E-state index >= 15 is 0 Å². The van der Waals surface area contributed by atoms with Crippen LogP contribution in [0.1, 0.15) is 16.1 Å². The summed E-state index contributed by atoms with van der Waals surface area (Å²) >= 11 is 0. The van der Waals surface area contributed by atoms with Crippen LogP contribution in [-0.2, 0) is 0 Å². The van der Waals surface area contributed by atoms with Crippen molar-refractivity contribution in [2.24, 2.45) is 0 Å². The number of aromatic nitrogens is 3. The molecule has 1 aromatic carbocycles. The molecule has 3 rings (SSSR count).